The molecule has 2 aliphatic heterocycles. The third kappa shape index (κ3) is 3.57. The van der Waals surface area contributed by atoms with Crippen LogP contribution in [0.1, 0.15) is 65.5 Å². The maximum atomic E-state index is 13.1. The van der Waals surface area contributed by atoms with Gasteiger partial charge < -0.3 is 10.2 Å². The number of hydrogen-bond acceptors (Lipinski definition) is 2. The molecule has 2 heterocycles. The van der Waals surface area contributed by atoms with Crippen molar-refractivity contribution in [3.63, 3.8) is 0 Å². The first-order valence-electron chi connectivity index (χ1n) is 10.8. The van der Waals surface area contributed by atoms with Gasteiger partial charge in [0.2, 0.25) is 0 Å². The quantitative estimate of drug-likeness (QED) is 0.603. The SMILES string of the molecule is O=C(c1ccc2c(c1)[C@@H]1C=CC[C@@H]1[C@H](c1ccc(Cl)cc1)N2)N1CCCCCC1. The molecule has 0 aromatic heterocycles. The van der Waals surface area contributed by atoms with Crippen molar-refractivity contribution in [1.29, 1.82) is 0 Å². The first-order valence-corrected chi connectivity index (χ1v) is 11.2. The van der Waals surface area contributed by atoms with Crippen LogP contribution in [0.4, 0.5) is 5.69 Å². The minimum Gasteiger partial charge on any atom is -0.378 e. The van der Waals surface area contributed by atoms with Gasteiger partial charge in [-0.15, -0.1) is 0 Å². The van der Waals surface area contributed by atoms with E-state index in [2.05, 4.69) is 41.7 Å². The Hall–Kier alpha value is -2.26. The second-order valence-electron chi connectivity index (χ2n) is 8.54. The van der Waals surface area contributed by atoms with Gasteiger partial charge in [-0.1, -0.05) is 48.7 Å². The standard InChI is InChI=1S/C25H27ClN2O/c26-19-11-8-17(9-12-19)24-21-7-5-6-20(21)22-16-18(10-13-23(22)27-24)25(29)28-14-3-1-2-4-15-28/h5-6,8-13,16,20-21,24,27H,1-4,7,14-15H2/t20-,21+,24+/m1/s1. The van der Waals surface area contributed by atoms with Crippen LogP contribution in [0.5, 0.6) is 0 Å². The summed E-state index contributed by atoms with van der Waals surface area (Å²) in [6, 6.07) is 14.7. The summed E-state index contributed by atoms with van der Waals surface area (Å²) in [5.74, 6) is 1.00. The predicted molar refractivity (Wildman–Crippen MR) is 119 cm³/mol. The number of rotatable bonds is 2. The number of benzene rings is 2. The number of likely N-dealkylation sites (tertiary alicyclic amines) is 1. The summed E-state index contributed by atoms with van der Waals surface area (Å²) >= 11 is 6.10. The lowest BCUT2D eigenvalue weighted by Gasteiger charge is -2.38. The average molecular weight is 407 g/mol. The van der Waals surface area contributed by atoms with Crippen LogP contribution in [-0.4, -0.2) is 23.9 Å². The molecule has 3 atom stereocenters. The maximum Gasteiger partial charge on any atom is 0.253 e. The van der Waals surface area contributed by atoms with Gasteiger partial charge in [0.15, 0.2) is 0 Å². The van der Waals surface area contributed by atoms with Crippen molar-refractivity contribution in [2.45, 2.75) is 44.1 Å². The molecule has 0 spiro atoms. The summed E-state index contributed by atoms with van der Waals surface area (Å²) in [6.45, 7) is 1.78. The molecule has 0 bridgehead atoms. The second-order valence-corrected chi connectivity index (χ2v) is 8.97. The van der Waals surface area contributed by atoms with E-state index in [4.69, 9.17) is 11.6 Å². The molecule has 0 radical (unpaired) electrons. The van der Waals surface area contributed by atoms with E-state index in [0.717, 1.165) is 48.6 Å². The van der Waals surface area contributed by atoms with Gasteiger partial charge in [-0.3, -0.25) is 4.79 Å². The molecular formula is C25H27ClN2O. The van der Waals surface area contributed by atoms with E-state index in [1.54, 1.807) is 0 Å². The van der Waals surface area contributed by atoms with Crippen molar-refractivity contribution in [3.8, 4) is 0 Å². The van der Waals surface area contributed by atoms with Gasteiger partial charge in [0.1, 0.15) is 0 Å². The van der Waals surface area contributed by atoms with Crippen LogP contribution in [0.25, 0.3) is 0 Å². The number of carbonyl (C=O) groups is 1. The number of halogens is 1. The molecule has 3 aliphatic rings. The van der Waals surface area contributed by atoms with Crippen molar-refractivity contribution >= 4 is 23.2 Å². The van der Waals surface area contributed by atoms with Crippen LogP contribution in [0.15, 0.2) is 54.6 Å². The molecule has 150 valence electrons. The monoisotopic (exact) mass is 406 g/mol. The lowest BCUT2D eigenvalue weighted by atomic mass is 9.76. The Bertz CT molecular complexity index is 928. The van der Waals surface area contributed by atoms with Gasteiger partial charge in [0.05, 0.1) is 6.04 Å². The fourth-order valence-corrected chi connectivity index (χ4v) is 5.31. The largest absolute Gasteiger partial charge is 0.378 e. The Morgan fingerprint density at radius 1 is 1.00 bits per heavy atom. The highest BCUT2D eigenvalue weighted by Gasteiger charge is 2.38. The van der Waals surface area contributed by atoms with Crippen molar-refractivity contribution in [2.24, 2.45) is 5.92 Å². The van der Waals surface area contributed by atoms with Crippen LogP contribution in [-0.2, 0) is 0 Å². The van der Waals surface area contributed by atoms with E-state index in [1.165, 1.54) is 24.0 Å². The lowest BCUT2D eigenvalue weighted by molar-refractivity contribution is 0.0761. The van der Waals surface area contributed by atoms with E-state index in [1.807, 2.05) is 23.1 Å². The Balaban J connectivity index is 1.45. The highest BCUT2D eigenvalue weighted by molar-refractivity contribution is 6.30. The highest BCUT2D eigenvalue weighted by Crippen LogP contribution is 2.50. The number of fused-ring (bicyclic) bond motifs is 3. The number of carbonyl (C=O) groups excluding carboxylic acids is 1. The molecular weight excluding hydrogens is 380 g/mol. The van der Waals surface area contributed by atoms with Crippen LogP contribution >= 0.6 is 11.6 Å². The minimum atomic E-state index is 0.188. The normalized spacial score (nSPS) is 25.7. The summed E-state index contributed by atoms with van der Waals surface area (Å²) in [6.07, 6.45) is 10.4. The zero-order chi connectivity index (χ0) is 19.8. The highest BCUT2D eigenvalue weighted by atomic mass is 35.5. The Morgan fingerprint density at radius 3 is 2.52 bits per heavy atom. The van der Waals surface area contributed by atoms with Gasteiger partial charge in [-0.05, 0) is 66.6 Å². The van der Waals surface area contributed by atoms with Crippen molar-refractivity contribution < 1.29 is 4.79 Å². The lowest BCUT2D eigenvalue weighted by Crippen LogP contribution is -2.33. The van der Waals surface area contributed by atoms with Crippen LogP contribution in [0.2, 0.25) is 5.02 Å². The minimum absolute atomic E-state index is 0.188. The number of hydrogen-bond donors (Lipinski definition) is 1. The first-order chi connectivity index (χ1) is 14.2. The fourth-order valence-electron chi connectivity index (χ4n) is 5.18. The Kier molecular flexibility index (Phi) is 5.09. The molecule has 3 nitrogen and oxygen atoms in total. The van der Waals surface area contributed by atoms with Gasteiger partial charge in [-0.25, -0.2) is 0 Å². The molecule has 2 aromatic rings. The number of nitrogens with zero attached hydrogens (tertiary/aromatic N) is 1. The number of amides is 1. The molecule has 29 heavy (non-hydrogen) atoms. The summed E-state index contributed by atoms with van der Waals surface area (Å²) in [4.78, 5) is 15.2. The van der Waals surface area contributed by atoms with E-state index < -0.39 is 0 Å². The van der Waals surface area contributed by atoms with Crippen molar-refractivity contribution in [1.82, 2.24) is 4.90 Å². The second kappa shape index (κ2) is 7.87. The third-order valence-corrected chi connectivity index (χ3v) is 6.98. The summed E-state index contributed by atoms with van der Waals surface area (Å²) in [5.41, 5.74) is 4.50. The average Bonchev–Trinajstić information content (AvgIpc) is 3.09. The zero-order valence-electron chi connectivity index (χ0n) is 16.6. The molecule has 4 heteroatoms. The summed E-state index contributed by atoms with van der Waals surface area (Å²) in [5, 5.41) is 4.52. The fraction of sp³-hybridized carbons (Fsp3) is 0.400. The predicted octanol–water partition coefficient (Wildman–Crippen LogP) is 6.18. The van der Waals surface area contributed by atoms with Crippen LogP contribution in [0.3, 0.4) is 0 Å². The Labute approximate surface area is 177 Å². The van der Waals surface area contributed by atoms with Crippen molar-refractivity contribution in [2.75, 3.05) is 18.4 Å². The molecule has 1 fully saturated rings. The molecule has 0 saturated carbocycles. The van der Waals surface area contributed by atoms with E-state index in [9.17, 15) is 4.79 Å². The maximum absolute atomic E-state index is 13.1. The van der Waals surface area contributed by atoms with Gasteiger partial charge >= 0.3 is 0 Å². The molecule has 1 amide bonds. The number of anilines is 1. The zero-order valence-corrected chi connectivity index (χ0v) is 17.4. The van der Waals surface area contributed by atoms with Gasteiger partial charge in [0.25, 0.3) is 5.91 Å². The summed E-state index contributed by atoms with van der Waals surface area (Å²) in [7, 11) is 0. The topological polar surface area (TPSA) is 32.3 Å². The molecule has 1 N–H and O–H groups in total. The molecule has 1 aliphatic carbocycles. The van der Waals surface area contributed by atoms with Crippen LogP contribution in [0, 0.1) is 5.92 Å². The van der Waals surface area contributed by atoms with Crippen LogP contribution < -0.4 is 5.32 Å². The smallest absolute Gasteiger partial charge is 0.253 e. The first kappa shape index (κ1) is 18.7. The van der Waals surface area contributed by atoms with Gasteiger partial charge in [-0.2, -0.15) is 0 Å². The van der Waals surface area contributed by atoms with Crippen molar-refractivity contribution in [3.05, 3.63) is 76.3 Å². The number of allylic oxidation sites excluding steroid dienone is 2. The number of nitrogens with one attached hydrogen (secondary N) is 1. The van der Waals surface area contributed by atoms with E-state index >= 15 is 0 Å². The molecule has 0 unspecified atom stereocenters. The Morgan fingerprint density at radius 2 is 1.76 bits per heavy atom. The van der Waals surface area contributed by atoms with E-state index in [-0.39, 0.29) is 11.9 Å². The summed E-state index contributed by atoms with van der Waals surface area (Å²) < 4.78 is 0. The molecule has 5 rings (SSSR count). The van der Waals surface area contributed by atoms with Gasteiger partial charge in [0, 0.05) is 35.3 Å². The molecule has 2 aromatic carbocycles. The third-order valence-electron chi connectivity index (χ3n) is 6.73. The molecule has 1 saturated heterocycles. The van der Waals surface area contributed by atoms with E-state index in [0.29, 0.717) is 11.8 Å².